The molecular weight excluding hydrogens is 322 g/mol. The zero-order valence-corrected chi connectivity index (χ0v) is 15.0. The lowest BCUT2D eigenvalue weighted by Gasteiger charge is -2.25. The van der Waals surface area contributed by atoms with Gasteiger partial charge in [0, 0.05) is 22.6 Å². The summed E-state index contributed by atoms with van der Waals surface area (Å²) in [6, 6.07) is 8.55. The first kappa shape index (κ1) is 15.9. The third-order valence-corrected chi connectivity index (χ3v) is 6.07. The van der Waals surface area contributed by atoms with Crippen molar-refractivity contribution < 1.29 is 4.79 Å². The second-order valence-electron chi connectivity index (χ2n) is 7.74. The Balaban J connectivity index is 1.57. The van der Waals surface area contributed by atoms with Crippen LogP contribution >= 0.6 is 0 Å². The maximum atomic E-state index is 12.7. The first-order chi connectivity index (χ1) is 12.8. The highest BCUT2D eigenvalue weighted by molar-refractivity contribution is 6.35. The molecule has 0 spiro atoms. The smallest absolute Gasteiger partial charge is 0.256 e. The van der Waals surface area contributed by atoms with Crippen molar-refractivity contribution >= 4 is 23.2 Å². The normalized spacial score (nSPS) is 21.5. The van der Waals surface area contributed by atoms with Crippen LogP contribution in [0.5, 0.6) is 0 Å². The van der Waals surface area contributed by atoms with Gasteiger partial charge >= 0.3 is 0 Å². The average Bonchev–Trinajstić information content (AvgIpc) is 3.23. The standard InChI is InChI=1S/C22H25N3O/c26-22-18(13-16-12-15-4-1-2-6-19(15)24-16)21-17(5-3-7-20(21)25-22)14-8-10-23-11-9-14/h3,5,7,12-14,23-24H,1-2,4,6,8-11H2,(H,25,26)/b18-13-. The van der Waals surface area contributed by atoms with E-state index in [2.05, 4.69) is 39.9 Å². The minimum absolute atomic E-state index is 0.0222. The molecule has 1 aliphatic carbocycles. The van der Waals surface area contributed by atoms with Gasteiger partial charge in [0.15, 0.2) is 0 Å². The van der Waals surface area contributed by atoms with Crippen molar-refractivity contribution in [1.29, 1.82) is 0 Å². The highest BCUT2D eigenvalue weighted by Gasteiger charge is 2.30. The molecule has 1 aromatic carbocycles. The molecule has 1 fully saturated rings. The van der Waals surface area contributed by atoms with Gasteiger partial charge in [-0.05, 0) is 86.9 Å². The van der Waals surface area contributed by atoms with Crippen LogP contribution in [0.25, 0.3) is 11.6 Å². The number of nitrogens with one attached hydrogen (secondary N) is 3. The molecule has 1 saturated heterocycles. The van der Waals surface area contributed by atoms with Crippen molar-refractivity contribution in [3.8, 4) is 0 Å². The minimum Gasteiger partial charge on any atom is -0.359 e. The first-order valence-electron chi connectivity index (χ1n) is 9.87. The molecule has 0 saturated carbocycles. The number of rotatable bonds is 2. The molecule has 3 N–H and O–H groups in total. The molecule has 4 nitrogen and oxygen atoms in total. The number of piperidine rings is 1. The van der Waals surface area contributed by atoms with Gasteiger partial charge in [0.25, 0.3) is 5.91 Å². The number of aromatic amines is 1. The molecule has 3 aliphatic rings. The molecule has 0 atom stereocenters. The van der Waals surface area contributed by atoms with E-state index >= 15 is 0 Å². The number of amides is 1. The maximum absolute atomic E-state index is 12.7. The summed E-state index contributed by atoms with van der Waals surface area (Å²) in [4.78, 5) is 16.3. The maximum Gasteiger partial charge on any atom is 0.256 e. The van der Waals surface area contributed by atoms with Crippen molar-refractivity contribution in [3.05, 3.63) is 52.3 Å². The van der Waals surface area contributed by atoms with Crippen LogP contribution in [0.15, 0.2) is 24.3 Å². The summed E-state index contributed by atoms with van der Waals surface area (Å²) in [5, 5.41) is 6.51. The summed E-state index contributed by atoms with van der Waals surface area (Å²) >= 11 is 0. The Kier molecular flexibility index (Phi) is 3.93. The third kappa shape index (κ3) is 2.69. The zero-order valence-electron chi connectivity index (χ0n) is 15.0. The van der Waals surface area contributed by atoms with Gasteiger partial charge < -0.3 is 15.6 Å². The second-order valence-corrected chi connectivity index (χ2v) is 7.74. The predicted octanol–water partition coefficient (Wildman–Crippen LogP) is 3.85. The lowest BCUT2D eigenvalue weighted by Crippen LogP contribution is -2.27. The van der Waals surface area contributed by atoms with E-state index in [0.717, 1.165) is 61.3 Å². The molecule has 2 aromatic rings. The molecule has 1 amide bonds. The molecule has 2 aliphatic heterocycles. The highest BCUT2D eigenvalue weighted by Crippen LogP contribution is 2.41. The van der Waals surface area contributed by atoms with Crippen LogP contribution in [-0.4, -0.2) is 24.0 Å². The number of hydrogen-bond acceptors (Lipinski definition) is 2. The van der Waals surface area contributed by atoms with Gasteiger partial charge in [-0.1, -0.05) is 12.1 Å². The van der Waals surface area contributed by atoms with E-state index in [1.165, 1.54) is 29.7 Å². The first-order valence-corrected chi connectivity index (χ1v) is 9.87. The Morgan fingerprint density at radius 3 is 2.77 bits per heavy atom. The lowest BCUT2D eigenvalue weighted by molar-refractivity contribution is -0.110. The topological polar surface area (TPSA) is 56.9 Å². The Bertz CT molecular complexity index is 863. The quantitative estimate of drug-likeness (QED) is 0.723. The number of hydrogen-bond donors (Lipinski definition) is 3. The number of fused-ring (bicyclic) bond motifs is 2. The average molecular weight is 347 g/mol. The Morgan fingerprint density at radius 2 is 1.92 bits per heavy atom. The largest absolute Gasteiger partial charge is 0.359 e. The minimum atomic E-state index is 0.0222. The van der Waals surface area contributed by atoms with Crippen LogP contribution in [0.4, 0.5) is 5.69 Å². The fourth-order valence-electron chi connectivity index (χ4n) is 4.75. The summed E-state index contributed by atoms with van der Waals surface area (Å²) in [7, 11) is 0. The van der Waals surface area contributed by atoms with E-state index in [1.54, 1.807) is 0 Å². The number of benzene rings is 1. The lowest BCUT2D eigenvalue weighted by atomic mass is 9.85. The second kappa shape index (κ2) is 6.44. The van der Waals surface area contributed by atoms with E-state index in [4.69, 9.17) is 0 Å². The predicted molar refractivity (Wildman–Crippen MR) is 105 cm³/mol. The molecule has 26 heavy (non-hydrogen) atoms. The van der Waals surface area contributed by atoms with Crippen LogP contribution in [0.3, 0.4) is 0 Å². The van der Waals surface area contributed by atoms with Crippen molar-refractivity contribution in [2.75, 3.05) is 18.4 Å². The summed E-state index contributed by atoms with van der Waals surface area (Å²) in [6.07, 6.45) is 9.13. The highest BCUT2D eigenvalue weighted by atomic mass is 16.2. The van der Waals surface area contributed by atoms with E-state index < -0.39 is 0 Å². The van der Waals surface area contributed by atoms with E-state index in [9.17, 15) is 4.79 Å². The molecule has 0 bridgehead atoms. The third-order valence-electron chi connectivity index (χ3n) is 6.07. The van der Waals surface area contributed by atoms with Crippen molar-refractivity contribution in [2.24, 2.45) is 0 Å². The van der Waals surface area contributed by atoms with Crippen LogP contribution in [0.2, 0.25) is 0 Å². The Labute approximate surface area is 154 Å². The van der Waals surface area contributed by atoms with Crippen LogP contribution in [0, 0.1) is 0 Å². The fourth-order valence-corrected chi connectivity index (χ4v) is 4.75. The Hall–Kier alpha value is -2.33. The van der Waals surface area contributed by atoms with Crippen LogP contribution in [0.1, 0.15) is 59.7 Å². The van der Waals surface area contributed by atoms with Gasteiger partial charge in [-0.25, -0.2) is 0 Å². The van der Waals surface area contributed by atoms with Gasteiger partial charge in [0.2, 0.25) is 0 Å². The number of carbonyl (C=O) groups excluding carboxylic acids is 1. The number of H-pyrrole nitrogens is 1. The summed E-state index contributed by atoms with van der Waals surface area (Å²) in [5.74, 6) is 0.549. The molecule has 134 valence electrons. The number of aryl methyl sites for hydroxylation is 2. The summed E-state index contributed by atoms with van der Waals surface area (Å²) < 4.78 is 0. The van der Waals surface area contributed by atoms with Gasteiger partial charge in [-0.2, -0.15) is 0 Å². The molecule has 5 rings (SSSR count). The zero-order chi connectivity index (χ0) is 17.5. The molecule has 3 heterocycles. The number of carbonyl (C=O) groups is 1. The molecule has 4 heteroatoms. The number of aromatic nitrogens is 1. The number of anilines is 1. The summed E-state index contributed by atoms with van der Waals surface area (Å²) in [5.41, 5.74) is 8.07. The summed E-state index contributed by atoms with van der Waals surface area (Å²) in [6.45, 7) is 2.11. The molecule has 0 unspecified atom stereocenters. The molecular formula is C22H25N3O. The van der Waals surface area contributed by atoms with E-state index in [-0.39, 0.29) is 5.91 Å². The van der Waals surface area contributed by atoms with Gasteiger partial charge in [0.05, 0.1) is 5.57 Å². The Morgan fingerprint density at radius 1 is 1.08 bits per heavy atom. The SMILES string of the molecule is O=C1Nc2cccc(C3CCNCC3)c2/C1=C/c1cc2c([nH]1)CCCC2. The van der Waals surface area contributed by atoms with Gasteiger partial charge in [0.1, 0.15) is 0 Å². The molecule has 1 aromatic heterocycles. The van der Waals surface area contributed by atoms with E-state index in [1.807, 2.05) is 6.07 Å². The van der Waals surface area contributed by atoms with Gasteiger partial charge in [-0.15, -0.1) is 0 Å². The monoisotopic (exact) mass is 347 g/mol. The molecule has 0 radical (unpaired) electrons. The van der Waals surface area contributed by atoms with Crippen molar-refractivity contribution in [3.63, 3.8) is 0 Å². The van der Waals surface area contributed by atoms with Crippen molar-refractivity contribution in [2.45, 2.75) is 44.4 Å². The van der Waals surface area contributed by atoms with Crippen LogP contribution < -0.4 is 10.6 Å². The van der Waals surface area contributed by atoms with E-state index in [0.29, 0.717) is 5.92 Å². The van der Waals surface area contributed by atoms with Crippen LogP contribution in [-0.2, 0) is 17.6 Å². The van der Waals surface area contributed by atoms with Gasteiger partial charge in [-0.3, -0.25) is 4.79 Å². The fraction of sp³-hybridized carbons (Fsp3) is 0.409. The van der Waals surface area contributed by atoms with Crippen molar-refractivity contribution in [1.82, 2.24) is 10.3 Å².